The molecular formula is C24H22N2O4. The van der Waals surface area contributed by atoms with Gasteiger partial charge >= 0.3 is 5.97 Å². The lowest BCUT2D eigenvalue weighted by molar-refractivity contribution is -0.131. The molecule has 6 nitrogen and oxygen atoms in total. The summed E-state index contributed by atoms with van der Waals surface area (Å²) in [6, 6.07) is 13.6. The number of Topliss-reactive ketones (excluding diaryl/α,β-unsaturated/α-hetero) is 1. The van der Waals surface area contributed by atoms with Crippen LogP contribution in [0.3, 0.4) is 0 Å². The highest BCUT2D eigenvalue weighted by molar-refractivity contribution is 6.01. The average molecular weight is 402 g/mol. The summed E-state index contributed by atoms with van der Waals surface area (Å²) in [5.41, 5.74) is 3.23. The highest BCUT2D eigenvalue weighted by atomic mass is 16.5. The Hall–Kier alpha value is -3.38. The third-order valence-electron chi connectivity index (χ3n) is 5.93. The van der Waals surface area contributed by atoms with Gasteiger partial charge in [0.1, 0.15) is 11.4 Å². The zero-order valence-electron chi connectivity index (χ0n) is 16.7. The van der Waals surface area contributed by atoms with Crippen LogP contribution in [0.2, 0.25) is 0 Å². The van der Waals surface area contributed by atoms with Crippen LogP contribution in [-0.2, 0) is 18.4 Å². The van der Waals surface area contributed by atoms with Gasteiger partial charge in [-0.05, 0) is 35.4 Å². The minimum absolute atomic E-state index is 0.0478. The summed E-state index contributed by atoms with van der Waals surface area (Å²) in [7, 11) is 2.06. The number of carboxylic acid groups (broad SMARTS) is 1. The topological polar surface area (TPSA) is 71.8 Å². The Labute approximate surface area is 174 Å². The molecule has 0 unspecified atom stereocenters. The van der Waals surface area contributed by atoms with Crippen molar-refractivity contribution in [2.45, 2.75) is 18.6 Å². The van der Waals surface area contributed by atoms with Crippen LogP contribution in [0.4, 0.5) is 0 Å². The number of carboxylic acids is 1. The van der Waals surface area contributed by atoms with Crippen LogP contribution in [0.15, 0.2) is 54.7 Å². The Kier molecular flexibility index (Phi) is 4.25. The maximum atomic E-state index is 12.8. The van der Waals surface area contributed by atoms with Crippen molar-refractivity contribution < 1.29 is 19.4 Å². The van der Waals surface area contributed by atoms with Crippen LogP contribution < -0.4 is 4.74 Å². The van der Waals surface area contributed by atoms with Crippen molar-refractivity contribution in [3.63, 3.8) is 0 Å². The molecule has 0 saturated carbocycles. The summed E-state index contributed by atoms with van der Waals surface area (Å²) in [4.78, 5) is 25.8. The number of aryl methyl sites for hydroxylation is 1. The first-order chi connectivity index (χ1) is 14.4. The van der Waals surface area contributed by atoms with Crippen LogP contribution in [0, 0.1) is 0 Å². The van der Waals surface area contributed by atoms with Crippen LogP contribution in [-0.4, -0.2) is 45.0 Å². The van der Waals surface area contributed by atoms with Gasteiger partial charge in [0.05, 0.1) is 12.0 Å². The van der Waals surface area contributed by atoms with Crippen molar-refractivity contribution in [2.75, 3.05) is 13.1 Å². The second-order valence-electron chi connectivity index (χ2n) is 8.24. The Balaban J connectivity index is 1.30. The highest BCUT2D eigenvalue weighted by Crippen LogP contribution is 2.40. The van der Waals surface area contributed by atoms with Crippen molar-refractivity contribution in [3.8, 4) is 5.75 Å². The van der Waals surface area contributed by atoms with E-state index in [2.05, 4.69) is 40.9 Å². The van der Waals surface area contributed by atoms with E-state index < -0.39 is 11.6 Å². The molecule has 3 aromatic rings. The van der Waals surface area contributed by atoms with Gasteiger partial charge in [0.15, 0.2) is 5.78 Å². The summed E-state index contributed by atoms with van der Waals surface area (Å²) in [6.07, 6.45) is 5.06. The fraction of sp³-hybridized carbons (Fsp3) is 0.250. The normalized spacial score (nSPS) is 17.8. The van der Waals surface area contributed by atoms with E-state index in [1.54, 1.807) is 18.2 Å². The van der Waals surface area contributed by atoms with E-state index in [-0.39, 0.29) is 5.78 Å². The van der Waals surface area contributed by atoms with Crippen molar-refractivity contribution in [3.05, 3.63) is 71.4 Å². The molecule has 0 radical (unpaired) electrons. The summed E-state index contributed by atoms with van der Waals surface area (Å²) in [5, 5.41) is 10.0. The van der Waals surface area contributed by atoms with Crippen LogP contribution in [0.25, 0.3) is 17.0 Å². The first-order valence-electron chi connectivity index (χ1n) is 9.95. The van der Waals surface area contributed by atoms with Crippen molar-refractivity contribution >= 4 is 28.7 Å². The Morgan fingerprint density at radius 1 is 1.23 bits per heavy atom. The molecule has 1 fully saturated rings. The van der Waals surface area contributed by atoms with Crippen LogP contribution in [0.5, 0.6) is 5.75 Å². The van der Waals surface area contributed by atoms with Gasteiger partial charge in [0.2, 0.25) is 0 Å². The molecule has 3 heterocycles. The quantitative estimate of drug-likeness (QED) is 0.677. The predicted molar refractivity (Wildman–Crippen MR) is 114 cm³/mol. The number of carbonyl (C=O) groups is 2. The lowest BCUT2D eigenvalue weighted by Gasteiger charge is -2.51. The zero-order chi connectivity index (χ0) is 20.9. The molecule has 1 aromatic heterocycles. The molecular weight excluding hydrogens is 380 g/mol. The fourth-order valence-corrected chi connectivity index (χ4v) is 4.63. The maximum Gasteiger partial charge on any atom is 0.328 e. The predicted octanol–water partition coefficient (Wildman–Crippen LogP) is 3.50. The zero-order valence-corrected chi connectivity index (χ0v) is 16.7. The van der Waals surface area contributed by atoms with E-state index in [1.807, 2.05) is 6.07 Å². The first kappa shape index (κ1) is 18.6. The molecule has 6 heteroatoms. The molecule has 0 bridgehead atoms. The lowest BCUT2D eigenvalue weighted by atomic mass is 9.83. The SMILES string of the molecule is Cn1cc(CN2CC3(CC(=O)c4cc(C=CC(=O)O)ccc4O3)C2)c2ccccc21. The van der Waals surface area contributed by atoms with Crippen LogP contribution in [0.1, 0.15) is 27.9 Å². The number of aliphatic carboxylic acids is 1. The third kappa shape index (κ3) is 3.19. The van der Waals surface area contributed by atoms with Crippen LogP contribution >= 0.6 is 0 Å². The smallest absolute Gasteiger partial charge is 0.328 e. The van der Waals surface area contributed by atoms with Crippen molar-refractivity contribution in [2.24, 2.45) is 7.05 Å². The summed E-state index contributed by atoms with van der Waals surface area (Å²) >= 11 is 0. The second-order valence-corrected chi connectivity index (χ2v) is 8.24. The van der Waals surface area contributed by atoms with Gasteiger partial charge < -0.3 is 14.4 Å². The number of hydrogen-bond donors (Lipinski definition) is 1. The molecule has 152 valence electrons. The largest absolute Gasteiger partial charge is 0.483 e. The van der Waals surface area contributed by atoms with E-state index in [1.165, 1.54) is 22.5 Å². The minimum atomic E-state index is -1.02. The Bertz CT molecular complexity index is 1200. The number of aromatic nitrogens is 1. The summed E-state index contributed by atoms with van der Waals surface area (Å²) in [5.74, 6) is -0.384. The second kappa shape index (κ2) is 6.85. The van der Waals surface area contributed by atoms with E-state index in [0.717, 1.165) is 12.6 Å². The van der Waals surface area contributed by atoms with E-state index in [9.17, 15) is 9.59 Å². The fourth-order valence-electron chi connectivity index (χ4n) is 4.63. The monoisotopic (exact) mass is 402 g/mol. The number of para-hydroxylation sites is 1. The van der Waals surface area contributed by atoms with Gasteiger partial charge in [-0.1, -0.05) is 24.3 Å². The number of fused-ring (bicyclic) bond motifs is 2. The molecule has 1 spiro atoms. The number of likely N-dealkylation sites (tertiary alicyclic amines) is 1. The van der Waals surface area contributed by atoms with Gasteiger partial charge in [0.25, 0.3) is 0 Å². The number of benzene rings is 2. The van der Waals surface area contributed by atoms with E-state index >= 15 is 0 Å². The molecule has 5 rings (SSSR count). The maximum absolute atomic E-state index is 12.8. The van der Waals surface area contributed by atoms with E-state index in [0.29, 0.717) is 36.4 Å². The van der Waals surface area contributed by atoms with Crippen molar-refractivity contribution in [1.29, 1.82) is 0 Å². The first-order valence-corrected chi connectivity index (χ1v) is 9.95. The third-order valence-corrected chi connectivity index (χ3v) is 5.93. The standard InChI is InChI=1S/C24H22N2O4/c1-25-12-17(18-4-2-3-5-20(18)25)13-26-14-24(15-26)11-21(27)19-10-16(7-9-23(28)29)6-8-22(19)30-24/h2-10,12H,11,13-15H2,1H3,(H,28,29). The number of hydrogen-bond acceptors (Lipinski definition) is 4. The Morgan fingerprint density at radius 2 is 2.03 bits per heavy atom. The van der Waals surface area contributed by atoms with Gasteiger partial charge in [-0.3, -0.25) is 9.69 Å². The molecule has 2 aromatic carbocycles. The van der Waals surface area contributed by atoms with Crippen molar-refractivity contribution in [1.82, 2.24) is 9.47 Å². The Morgan fingerprint density at radius 3 is 2.83 bits per heavy atom. The lowest BCUT2D eigenvalue weighted by Crippen LogP contribution is -2.66. The molecule has 0 aliphatic carbocycles. The number of nitrogens with zero attached hydrogens (tertiary/aromatic N) is 2. The minimum Gasteiger partial charge on any atom is -0.483 e. The molecule has 2 aliphatic heterocycles. The summed E-state index contributed by atoms with van der Waals surface area (Å²) < 4.78 is 8.41. The van der Waals surface area contributed by atoms with Gasteiger partial charge in [-0.25, -0.2) is 4.79 Å². The summed E-state index contributed by atoms with van der Waals surface area (Å²) in [6.45, 7) is 2.25. The molecule has 0 atom stereocenters. The molecule has 0 amide bonds. The molecule has 1 N–H and O–H groups in total. The highest BCUT2D eigenvalue weighted by Gasteiger charge is 2.49. The van der Waals surface area contributed by atoms with Gasteiger partial charge in [-0.15, -0.1) is 0 Å². The number of ether oxygens (including phenoxy) is 1. The van der Waals surface area contributed by atoms with Gasteiger partial charge in [0, 0.05) is 49.9 Å². The molecule has 30 heavy (non-hydrogen) atoms. The molecule has 2 aliphatic rings. The number of carbonyl (C=O) groups excluding carboxylic acids is 1. The van der Waals surface area contributed by atoms with E-state index in [4.69, 9.17) is 9.84 Å². The van der Waals surface area contributed by atoms with Gasteiger partial charge in [-0.2, -0.15) is 0 Å². The average Bonchev–Trinajstić information content (AvgIpc) is 3.01. The molecule has 1 saturated heterocycles. The number of ketones is 1. The number of rotatable bonds is 4.